The molecule has 0 saturated heterocycles. The molecule has 0 atom stereocenters. The lowest BCUT2D eigenvalue weighted by molar-refractivity contribution is -0.116. The minimum Gasteiger partial charge on any atom is -0.337 e. The van der Waals surface area contributed by atoms with E-state index in [1.165, 1.54) is 29.7 Å². The summed E-state index contributed by atoms with van der Waals surface area (Å²) in [6.07, 6.45) is 1.45. The summed E-state index contributed by atoms with van der Waals surface area (Å²) in [6, 6.07) is 17.5. The topological polar surface area (TPSA) is 81.1 Å². The van der Waals surface area contributed by atoms with Crippen molar-refractivity contribution < 1.29 is 17.6 Å². The zero-order valence-electron chi connectivity index (χ0n) is 17.4. The monoisotopic (exact) mass is 479 g/mol. The van der Waals surface area contributed by atoms with Gasteiger partial charge in [-0.05, 0) is 55.0 Å². The fourth-order valence-electron chi connectivity index (χ4n) is 3.70. The average molecular weight is 480 g/mol. The minimum atomic E-state index is -3.91. The number of carbonyl (C=O) groups is 1. The summed E-state index contributed by atoms with van der Waals surface area (Å²) < 4.78 is 42.3. The number of nitrogens with one attached hydrogen (secondary N) is 1. The molecule has 166 valence electrons. The number of halogens is 1. The van der Waals surface area contributed by atoms with Crippen molar-refractivity contribution >= 4 is 53.3 Å². The molecular weight excluding hydrogens is 461 g/mol. The Bertz CT molecular complexity index is 1620. The van der Waals surface area contributed by atoms with Crippen LogP contribution in [0, 0.1) is 12.7 Å². The van der Waals surface area contributed by atoms with Crippen LogP contribution in [0.5, 0.6) is 0 Å². The summed E-state index contributed by atoms with van der Waals surface area (Å²) >= 11 is 1.38. The number of anilines is 1. The molecule has 1 N–H and O–H groups in total. The van der Waals surface area contributed by atoms with Gasteiger partial charge in [0.25, 0.3) is 0 Å². The van der Waals surface area contributed by atoms with Crippen LogP contribution < -0.4 is 5.32 Å². The lowest BCUT2D eigenvalue weighted by atomic mass is 10.2. The van der Waals surface area contributed by atoms with Crippen molar-refractivity contribution in [3.05, 3.63) is 84.3 Å². The molecule has 9 heteroatoms. The Hall–Kier alpha value is -3.56. The number of fused-ring (bicyclic) bond motifs is 2. The van der Waals surface area contributed by atoms with Gasteiger partial charge in [0.1, 0.15) is 12.4 Å². The highest BCUT2D eigenvalue weighted by atomic mass is 32.2. The first-order valence-electron chi connectivity index (χ1n) is 10.1. The third-order valence-corrected chi connectivity index (χ3v) is 8.00. The first-order valence-corrected chi connectivity index (χ1v) is 12.4. The molecule has 0 bridgehead atoms. The number of hydrogen-bond donors (Lipinski definition) is 1. The highest BCUT2D eigenvalue weighted by Crippen LogP contribution is 2.31. The second kappa shape index (κ2) is 8.09. The van der Waals surface area contributed by atoms with Crippen molar-refractivity contribution in [2.45, 2.75) is 23.3 Å². The average Bonchev–Trinajstić information content (AvgIpc) is 3.35. The van der Waals surface area contributed by atoms with E-state index >= 15 is 0 Å². The predicted octanol–water partition coefficient (Wildman–Crippen LogP) is 5.17. The van der Waals surface area contributed by atoms with Crippen molar-refractivity contribution in [1.82, 2.24) is 9.55 Å². The van der Waals surface area contributed by atoms with Crippen molar-refractivity contribution in [3.63, 3.8) is 0 Å². The number of sulfone groups is 1. The summed E-state index contributed by atoms with van der Waals surface area (Å²) in [4.78, 5) is 17.3. The molecule has 5 aromatic rings. The number of carbonyl (C=O) groups excluding carboxylic acids is 1. The number of rotatable bonds is 5. The Kier molecular flexibility index (Phi) is 5.22. The molecule has 0 spiro atoms. The number of aryl methyl sites for hydroxylation is 1. The molecular formula is C24H18FN3O3S2. The Morgan fingerprint density at radius 1 is 1.09 bits per heavy atom. The Labute approximate surface area is 193 Å². The second-order valence-corrected chi connectivity index (χ2v) is 10.6. The van der Waals surface area contributed by atoms with Gasteiger partial charge in [-0.2, -0.15) is 0 Å². The van der Waals surface area contributed by atoms with Crippen LogP contribution in [0.25, 0.3) is 21.1 Å². The highest BCUT2D eigenvalue weighted by Gasteiger charge is 2.24. The molecule has 2 aromatic heterocycles. The molecule has 2 heterocycles. The van der Waals surface area contributed by atoms with Crippen LogP contribution in [0.3, 0.4) is 0 Å². The van der Waals surface area contributed by atoms with Crippen LogP contribution in [0.1, 0.15) is 5.56 Å². The van der Waals surface area contributed by atoms with E-state index in [1.54, 1.807) is 28.8 Å². The van der Waals surface area contributed by atoms with Gasteiger partial charge < -0.3 is 9.88 Å². The van der Waals surface area contributed by atoms with Crippen molar-refractivity contribution in [3.8, 4) is 0 Å². The van der Waals surface area contributed by atoms with Gasteiger partial charge in [0.15, 0.2) is 5.13 Å². The van der Waals surface area contributed by atoms with E-state index in [0.717, 1.165) is 27.9 Å². The zero-order chi connectivity index (χ0) is 23.2. The SMILES string of the molecule is Cc1ccc2nc(NC(=O)Cn3cc(S(=O)(=O)c4ccc(F)cc4)c4ccccc43)sc2c1. The number of para-hydroxylation sites is 1. The van der Waals surface area contributed by atoms with E-state index in [-0.39, 0.29) is 22.2 Å². The molecule has 1 amide bonds. The Balaban J connectivity index is 1.47. The molecule has 5 rings (SSSR count). The van der Waals surface area contributed by atoms with E-state index in [9.17, 15) is 17.6 Å². The molecule has 6 nitrogen and oxygen atoms in total. The summed E-state index contributed by atoms with van der Waals surface area (Å²) in [5, 5.41) is 3.78. The van der Waals surface area contributed by atoms with Gasteiger partial charge in [-0.25, -0.2) is 17.8 Å². The van der Waals surface area contributed by atoms with Crippen molar-refractivity contribution in [2.75, 3.05) is 5.32 Å². The van der Waals surface area contributed by atoms with E-state index in [2.05, 4.69) is 10.3 Å². The van der Waals surface area contributed by atoms with E-state index in [0.29, 0.717) is 16.0 Å². The Morgan fingerprint density at radius 2 is 1.85 bits per heavy atom. The van der Waals surface area contributed by atoms with Crippen molar-refractivity contribution in [1.29, 1.82) is 0 Å². The first kappa shape index (κ1) is 21.3. The first-order chi connectivity index (χ1) is 15.8. The summed E-state index contributed by atoms with van der Waals surface area (Å²) in [7, 11) is -3.91. The van der Waals surface area contributed by atoms with Crippen LogP contribution in [0.15, 0.2) is 82.7 Å². The number of thiazole rings is 1. The second-order valence-electron chi connectivity index (χ2n) is 7.63. The zero-order valence-corrected chi connectivity index (χ0v) is 19.1. The lowest BCUT2D eigenvalue weighted by Gasteiger charge is -2.05. The van der Waals surface area contributed by atoms with Crippen LogP contribution in [-0.4, -0.2) is 23.9 Å². The molecule has 0 aliphatic heterocycles. The van der Waals surface area contributed by atoms with Crippen LogP contribution in [0.2, 0.25) is 0 Å². The van der Waals surface area contributed by atoms with Gasteiger partial charge in [0.2, 0.25) is 15.7 Å². The quantitative estimate of drug-likeness (QED) is 0.353. The smallest absolute Gasteiger partial charge is 0.246 e. The molecule has 0 fully saturated rings. The standard InChI is InChI=1S/C24H18FN3O3S2/c1-15-6-11-19-21(12-15)32-24(26-19)27-23(29)14-28-13-22(18-4-2-3-5-20(18)28)33(30,31)17-9-7-16(25)8-10-17/h2-13H,14H2,1H3,(H,26,27,29). The van der Waals surface area contributed by atoms with Gasteiger partial charge in [0, 0.05) is 17.1 Å². The fourth-order valence-corrected chi connectivity index (χ4v) is 6.15. The van der Waals surface area contributed by atoms with Gasteiger partial charge in [-0.15, -0.1) is 0 Å². The predicted molar refractivity (Wildman–Crippen MR) is 127 cm³/mol. The maximum absolute atomic E-state index is 13.3. The van der Waals surface area contributed by atoms with Gasteiger partial charge in [-0.1, -0.05) is 35.6 Å². The molecule has 0 aliphatic carbocycles. The van der Waals surface area contributed by atoms with E-state index < -0.39 is 15.7 Å². The lowest BCUT2D eigenvalue weighted by Crippen LogP contribution is -2.18. The molecule has 33 heavy (non-hydrogen) atoms. The fraction of sp³-hybridized carbons (Fsp3) is 0.0833. The van der Waals surface area contributed by atoms with E-state index in [4.69, 9.17) is 0 Å². The number of amides is 1. The molecule has 0 saturated carbocycles. The number of aromatic nitrogens is 2. The summed E-state index contributed by atoms with van der Waals surface area (Å²) in [6.45, 7) is 1.90. The summed E-state index contributed by atoms with van der Waals surface area (Å²) in [5.41, 5.74) is 2.52. The number of nitrogens with zero attached hydrogens (tertiary/aromatic N) is 2. The van der Waals surface area contributed by atoms with Gasteiger partial charge >= 0.3 is 0 Å². The third kappa shape index (κ3) is 4.01. The Morgan fingerprint density at radius 3 is 2.64 bits per heavy atom. The molecule has 0 aliphatic rings. The van der Waals surface area contributed by atoms with Crippen LogP contribution >= 0.6 is 11.3 Å². The third-order valence-electron chi connectivity index (χ3n) is 5.27. The molecule has 3 aromatic carbocycles. The molecule has 0 radical (unpaired) electrons. The number of benzene rings is 3. The maximum Gasteiger partial charge on any atom is 0.246 e. The maximum atomic E-state index is 13.3. The minimum absolute atomic E-state index is 0.0129. The van der Waals surface area contributed by atoms with Gasteiger partial charge in [-0.3, -0.25) is 4.79 Å². The normalized spacial score (nSPS) is 11.8. The van der Waals surface area contributed by atoms with Crippen LogP contribution in [0.4, 0.5) is 9.52 Å². The highest BCUT2D eigenvalue weighted by molar-refractivity contribution is 7.91. The molecule has 0 unspecified atom stereocenters. The number of hydrogen-bond acceptors (Lipinski definition) is 5. The van der Waals surface area contributed by atoms with E-state index in [1.807, 2.05) is 25.1 Å². The van der Waals surface area contributed by atoms with Crippen LogP contribution in [-0.2, 0) is 21.2 Å². The largest absolute Gasteiger partial charge is 0.337 e. The van der Waals surface area contributed by atoms with Gasteiger partial charge in [0.05, 0.1) is 20.0 Å². The summed E-state index contributed by atoms with van der Waals surface area (Å²) in [5.74, 6) is -0.838. The van der Waals surface area contributed by atoms with Crippen molar-refractivity contribution in [2.24, 2.45) is 0 Å².